The Morgan fingerprint density at radius 3 is 2.18 bits per heavy atom. The lowest BCUT2D eigenvalue weighted by molar-refractivity contribution is 0.0512. The number of hydrogen-bond donors (Lipinski definition) is 1. The van der Waals surface area contributed by atoms with Crippen molar-refractivity contribution in [2.24, 2.45) is 0 Å². The first-order valence-electron chi connectivity index (χ1n) is 9.40. The maximum atomic E-state index is 12.5. The molecule has 3 aromatic rings. The van der Waals surface area contributed by atoms with Gasteiger partial charge in [-0.1, -0.05) is 60.7 Å². The largest absolute Gasteiger partial charge is 0.444 e. The van der Waals surface area contributed by atoms with E-state index in [4.69, 9.17) is 4.74 Å². The lowest BCUT2D eigenvalue weighted by atomic mass is 9.96. The van der Waals surface area contributed by atoms with Crippen LogP contribution < -0.4 is 5.32 Å². The number of aromatic nitrogens is 1. The van der Waals surface area contributed by atoms with E-state index in [9.17, 15) is 4.79 Å². The molecule has 3 rings (SSSR count). The summed E-state index contributed by atoms with van der Waals surface area (Å²) in [6.45, 7) is 7.55. The van der Waals surface area contributed by atoms with Gasteiger partial charge in [-0.2, -0.15) is 0 Å². The van der Waals surface area contributed by atoms with Gasteiger partial charge in [-0.25, -0.2) is 4.79 Å². The Balaban J connectivity index is 2.00. The van der Waals surface area contributed by atoms with Crippen molar-refractivity contribution in [2.75, 3.05) is 0 Å². The molecule has 0 spiro atoms. The standard InChI is InChI=1S/C24H26N2O2/c1-17-21(18-11-7-5-8-12-18)15-20(16-25-17)22(19-13-9-6-10-14-19)26-23(27)28-24(2,3)4/h5-16,22H,1-4H3,(H,26,27). The van der Waals surface area contributed by atoms with Gasteiger partial charge < -0.3 is 10.1 Å². The molecule has 1 atom stereocenters. The lowest BCUT2D eigenvalue weighted by Crippen LogP contribution is -2.35. The number of rotatable bonds is 4. The first kappa shape index (κ1) is 19.6. The van der Waals surface area contributed by atoms with Crippen LogP contribution >= 0.6 is 0 Å². The van der Waals surface area contributed by atoms with E-state index < -0.39 is 11.7 Å². The summed E-state index contributed by atoms with van der Waals surface area (Å²) in [6.07, 6.45) is 1.36. The molecule has 1 heterocycles. The number of alkyl carbamates (subject to hydrolysis) is 1. The van der Waals surface area contributed by atoms with Crippen LogP contribution in [0.2, 0.25) is 0 Å². The number of pyridine rings is 1. The van der Waals surface area contributed by atoms with Gasteiger partial charge in [0.15, 0.2) is 0 Å². The fourth-order valence-corrected chi connectivity index (χ4v) is 3.05. The summed E-state index contributed by atoms with van der Waals surface area (Å²) < 4.78 is 5.48. The third-order valence-electron chi connectivity index (χ3n) is 4.32. The van der Waals surface area contributed by atoms with Gasteiger partial charge in [-0.3, -0.25) is 4.98 Å². The van der Waals surface area contributed by atoms with Crippen molar-refractivity contribution in [2.45, 2.75) is 39.3 Å². The minimum Gasteiger partial charge on any atom is -0.444 e. The highest BCUT2D eigenvalue weighted by atomic mass is 16.6. The van der Waals surface area contributed by atoms with Gasteiger partial charge >= 0.3 is 6.09 Å². The Kier molecular flexibility index (Phi) is 5.78. The quantitative estimate of drug-likeness (QED) is 0.640. The van der Waals surface area contributed by atoms with Gasteiger partial charge in [0.1, 0.15) is 5.60 Å². The van der Waals surface area contributed by atoms with Gasteiger partial charge in [0.2, 0.25) is 0 Å². The molecule has 0 fully saturated rings. The van der Waals surface area contributed by atoms with Crippen molar-refractivity contribution >= 4 is 6.09 Å². The molecule has 0 aliphatic heterocycles. The molecule has 0 saturated heterocycles. The van der Waals surface area contributed by atoms with Gasteiger partial charge in [-0.15, -0.1) is 0 Å². The minimum absolute atomic E-state index is 0.355. The molecule has 1 aromatic heterocycles. The van der Waals surface area contributed by atoms with Crippen LogP contribution in [-0.2, 0) is 4.74 Å². The maximum absolute atomic E-state index is 12.5. The number of nitrogens with zero attached hydrogens (tertiary/aromatic N) is 1. The SMILES string of the molecule is Cc1ncc(C(NC(=O)OC(C)(C)C)c2ccccc2)cc1-c1ccccc1. The molecule has 4 nitrogen and oxygen atoms in total. The number of carbonyl (C=O) groups is 1. The van der Waals surface area contributed by atoms with Gasteiger partial charge in [0.25, 0.3) is 0 Å². The summed E-state index contributed by atoms with van der Waals surface area (Å²) in [5.41, 5.74) is 4.40. The number of hydrogen-bond acceptors (Lipinski definition) is 3. The molecule has 2 aromatic carbocycles. The third kappa shape index (κ3) is 4.97. The third-order valence-corrected chi connectivity index (χ3v) is 4.32. The summed E-state index contributed by atoms with van der Waals surface area (Å²) in [7, 11) is 0. The van der Waals surface area contributed by atoms with Crippen molar-refractivity contribution in [1.29, 1.82) is 0 Å². The van der Waals surface area contributed by atoms with Crippen molar-refractivity contribution in [3.8, 4) is 11.1 Å². The first-order chi connectivity index (χ1) is 13.3. The van der Waals surface area contributed by atoms with E-state index in [0.717, 1.165) is 27.9 Å². The zero-order valence-electron chi connectivity index (χ0n) is 16.8. The molecule has 1 amide bonds. The second-order valence-corrected chi connectivity index (χ2v) is 7.76. The number of amides is 1. The van der Waals surface area contributed by atoms with Crippen LogP contribution in [0.15, 0.2) is 72.9 Å². The Morgan fingerprint density at radius 1 is 0.964 bits per heavy atom. The molecular weight excluding hydrogens is 348 g/mol. The summed E-state index contributed by atoms with van der Waals surface area (Å²) in [5.74, 6) is 0. The van der Waals surface area contributed by atoms with E-state index in [1.165, 1.54) is 0 Å². The minimum atomic E-state index is -0.563. The van der Waals surface area contributed by atoms with E-state index >= 15 is 0 Å². The number of carbonyl (C=O) groups excluding carboxylic acids is 1. The summed E-state index contributed by atoms with van der Waals surface area (Å²) in [5, 5.41) is 3.00. The maximum Gasteiger partial charge on any atom is 0.408 e. The van der Waals surface area contributed by atoms with Crippen LogP contribution in [0.5, 0.6) is 0 Å². The van der Waals surface area contributed by atoms with Gasteiger partial charge in [0.05, 0.1) is 6.04 Å². The number of ether oxygens (including phenoxy) is 1. The van der Waals surface area contributed by atoms with Crippen LogP contribution in [0.1, 0.15) is 43.6 Å². The Hall–Kier alpha value is -3.14. The fraction of sp³-hybridized carbons (Fsp3) is 0.250. The summed E-state index contributed by atoms with van der Waals surface area (Å²) in [4.78, 5) is 17.1. The fourth-order valence-electron chi connectivity index (χ4n) is 3.05. The van der Waals surface area contributed by atoms with E-state index in [2.05, 4.69) is 28.5 Å². The van der Waals surface area contributed by atoms with Crippen molar-refractivity contribution in [3.63, 3.8) is 0 Å². The van der Waals surface area contributed by atoms with Crippen LogP contribution in [0.3, 0.4) is 0 Å². The van der Waals surface area contributed by atoms with E-state index in [1.54, 1.807) is 0 Å². The Labute approximate surface area is 166 Å². The highest BCUT2D eigenvalue weighted by molar-refractivity contribution is 5.70. The van der Waals surface area contributed by atoms with Crippen LogP contribution in [0.4, 0.5) is 4.79 Å². The molecular formula is C24H26N2O2. The smallest absolute Gasteiger partial charge is 0.408 e. The van der Waals surface area contributed by atoms with Gasteiger partial charge in [-0.05, 0) is 50.5 Å². The number of aryl methyl sites for hydroxylation is 1. The molecule has 1 N–H and O–H groups in total. The predicted molar refractivity (Wildman–Crippen MR) is 112 cm³/mol. The average molecular weight is 374 g/mol. The molecule has 0 aliphatic carbocycles. The van der Waals surface area contributed by atoms with Crippen molar-refractivity contribution < 1.29 is 9.53 Å². The van der Waals surface area contributed by atoms with Crippen LogP contribution in [-0.4, -0.2) is 16.7 Å². The highest BCUT2D eigenvalue weighted by Gasteiger charge is 2.22. The van der Waals surface area contributed by atoms with E-state index in [0.29, 0.717) is 0 Å². The number of nitrogens with one attached hydrogen (secondary N) is 1. The first-order valence-corrected chi connectivity index (χ1v) is 9.40. The topological polar surface area (TPSA) is 51.2 Å². The highest BCUT2D eigenvalue weighted by Crippen LogP contribution is 2.28. The summed E-state index contributed by atoms with van der Waals surface area (Å²) >= 11 is 0. The van der Waals surface area contributed by atoms with Gasteiger partial charge in [0, 0.05) is 17.5 Å². The molecule has 0 aliphatic rings. The lowest BCUT2D eigenvalue weighted by Gasteiger charge is -2.24. The normalized spacial score (nSPS) is 12.3. The van der Waals surface area contributed by atoms with Crippen molar-refractivity contribution in [1.82, 2.24) is 10.3 Å². The van der Waals surface area contributed by atoms with Crippen molar-refractivity contribution in [3.05, 3.63) is 89.7 Å². The van der Waals surface area contributed by atoms with E-state index in [1.807, 2.05) is 82.4 Å². The monoisotopic (exact) mass is 374 g/mol. The second kappa shape index (κ2) is 8.26. The molecule has 1 unspecified atom stereocenters. The van der Waals surface area contributed by atoms with Crippen LogP contribution in [0.25, 0.3) is 11.1 Å². The Bertz CT molecular complexity index is 932. The summed E-state index contributed by atoms with van der Waals surface area (Å²) in [6, 6.07) is 21.7. The van der Waals surface area contributed by atoms with Crippen LogP contribution in [0, 0.1) is 6.92 Å². The average Bonchev–Trinajstić information content (AvgIpc) is 2.67. The predicted octanol–water partition coefficient (Wildman–Crippen LogP) is 5.67. The molecule has 0 bridgehead atoms. The molecule has 4 heteroatoms. The molecule has 0 radical (unpaired) electrons. The molecule has 28 heavy (non-hydrogen) atoms. The zero-order chi connectivity index (χ0) is 20.1. The zero-order valence-corrected chi connectivity index (χ0v) is 16.8. The second-order valence-electron chi connectivity index (χ2n) is 7.76. The van der Waals surface area contributed by atoms with E-state index in [-0.39, 0.29) is 6.04 Å². The molecule has 144 valence electrons. The molecule has 0 saturated carbocycles. The number of benzene rings is 2. The Morgan fingerprint density at radius 2 is 1.57 bits per heavy atom.